The van der Waals surface area contributed by atoms with Crippen molar-refractivity contribution in [3.8, 4) is 11.5 Å². The van der Waals surface area contributed by atoms with Gasteiger partial charge in [-0.25, -0.2) is 0 Å². The Morgan fingerprint density at radius 3 is 2.38 bits per heavy atom. The molecule has 0 bridgehead atoms. The third kappa shape index (κ3) is 2.47. The predicted molar refractivity (Wildman–Crippen MR) is 64.4 cm³/mol. The smallest absolute Gasteiger partial charge is 0.126 e. The zero-order chi connectivity index (χ0) is 12.1. The lowest BCUT2D eigenvalue weighted by molar-refractivity contribution is 0.258. The van der Waals surface area contributed by atoms with Crippen molar-refractivity contribution < 1.29 is 14.6 Å². The van der Waals surface area contributed by atoms with Gasteiger partial charge < -0.3 is 14.6 Å². The van der Waals surface area contributed by atoms with Crippen LogP contribution in [0.25, 0.3) is 0 Å². The summed E-state index contributed by atoms with van der Waals surface area (Å²) in [6, 6.07) is 3.83. The van der Waals surface area contributed by atoms with E-state index in [2.05, 4.69) is 6.92 Å². The molecule has 1 aromatic rings. The molecule has 0 radical (unpaired) electrons. The lowest BCUT2D eigenvalue weighted by Crippen LogP contribution is -2.07. The third-order valence-corrected chi connectivity index (χ3v) is 2.90. The number of hydrogen-bond donors (Lipinski definition) is 1. The molecule has 0 saturated carbocycles. The van der Waals surface area contributed by atoms with Crippen LogP contribution in [-0.4, -0.2) is 25.9 Å². The molecule has 0 heterocycles. The molecule has 16 heavy (non-hydrogen) atoms. The van der Waals surface area contributed by atoms with Gasteiger partial charge in [0.05, 0.1) is 20.8 Å². The Balaban J connectivity index is 3.25. The molecule has 0 aliphatic heterocycles. The van der Waals surface area contributed by atoms with Crippen LogP contribution in [-0.2, 0) is 0 Å². The van der Waals surface area contributed by atoms with E-state index >= 15 is 0 Å². The molecule has 0 fully saturated rings. The Morgan fingerprint density at radius 1 is 1.25 bits per heavy atom. The van der Waals surface area contributed by atoms with Gasteiger partial charge in [-0.05, 0) is 25.0 Å². The van der Waals surface area contributed by atoms with E-state index in [1.807, 2.05) is 19.1 Å². The Bertz CT molecular complexity index is 343. The number of benzene rings is 1. The van der Waals surface area contributed by atoms with Gasteiger partial charge in [0.15, 0.2) is 0 Å². The van der Waals surface area contributed by atoms with Crippen LogP contribution in [0.15, 0.2) is 12.1 Å². The normalized spacial score (nSPS) is 12.3. The van der Waals surface area contributed by atoms with E-state index in [0.717, 1.165) is 29.0 Å². The van der Waals surface area contributed by atoms with Gasteiger partial charge >= 0.3 is 0 Å². The lowest BCUT2D eigenvalue weighted by atomic mass is 9.92. The maximum atomic E-state index is 9.36. The number of aliphatic hydroxyl groups excluding tert-OH is 1. The van der Waals surface area contributed by atoms with Gasteiger partial charge in [0.2, 0.25) is 0 Å². The van der Waals surface area contributed by atoms with E-state index < -0.39 is 0 Å². The summed E-state index contributed by atoms with van der Waals surface area (Å²) in [6.07, 6.45) is 0.889. The highest BCUT2D eigenvalue weighted by Gasteiger charge is 2.17. The van der Waals surface area contributed by atoms with Crippen LogP contribution >= 0.6 is 0 Å². The molecule has 1 N–H and O–H groups in total. The van der Waals surface area contributed by atoms with Gasteiger partial charge in [-0.15, -0.1) is 0 Å². The average molecular weight is 224 g/mol. The van der Waals surface area contributed by atoms with Gasteiger partial charge in [-0.1, -0.05) is 6.92 Å². The minimum Gasteiger partial charge on any atom is -0.497 e. The summed E-state index contributed by atoms with van der Waals surface area (Å²) in [5, 5.41) is 9.36. The highest BCUT2D eigenvalue weighted by molar-refractivity contribution is 5.48. The SMILES string of the molecule is CCC(CO)c1c(C)cc(OC)cc1OC. The van der Waals surface area contributed by atoms with Crippen LogP contribution in [0.2, 0.25) is 0 Å². The zero-order valence-electron chi connectivity index (χ0n) is 10.4. The van der Waals surface area contributed by atoms with Crippen molar-refractivity contribution in [1.29, 1.82) is 0 Å². The molecule has 1 atom stereocenters. The Kier molecular flexibility index (Phi) is 4.62. The van der Waals surface area contributed by atoms with Crippen LogP contribution in [0.1, 0.15) is 30.4 Å². The molecule has 3 heteroatoms. The largest absolute Gasteiger partial charge is 0.497 e. The van der Waals surface area contributed by atoms with Crippen molar-refractivity contribution in [2.45, 2.75) is 26.2 Å². The first kappa shape index (κ1) is 12.8. The average Bonchev–Trinajstić information content (AvgIpc) is 2.31. The van der Waals surface area contributed by atoms with Gasteiger partial charge in [0.25, 0.3) is 0 Å². The number of ether oxygens (including phenoxy) is 2. The molecule has 0 spiro atoms. The van der Waals surface area contributed by atoms with E-state index in [0.29, 0.717) is 0 Å². The minimum absolute atomic E-state index is 0.126. The molecule has 1 aromatic carbocycles. The standard InChI is InChI=1S/C13H20O3/c1-5-10(8-14)13-9(2)6-11(15-3)7-12(13)16-4/h6-7,10,14H,5,8H2,1-4H3. The van der Waals surface area contributed by atoms with E-state index in [4.69, 9.17) is 9.47 Å². The topological polar surface area (TPSA) is 38.7 Å². The predicted octanol–water partition coefficient (Wildman–Crippen LogP) is 2.50. The minimum atomic E-state index is 0.126. The zero-order valence-corrected chi connectivity index (χ0v) is 10.4. The highest BCUT2D eigenvalue weighted by atomic mass is 16.5. The first-order chi connectivity index (χ1) is 7.67. The molecule has 0 amide bonds. The second-order valence-corrected chi connectivity index (χ2v) is 3.85. The van der Waals surface area contributed by atoms with Crippen molar-refractivity contribution in [3.63, 3.8) is 0 Å². The molecule has 0 aromatic heterocycles. The second kappa shape index (κ2) is 5.75. The molecular formula is C13H20O3. The monoisotopic (exact) mass is 224 g/mol. The highest BCUT2D eigenvalue weighted by Crippen LogP contribution is 2.35. The van der Waals surface area contributed by atoms with E-state index in [-0.39, 0.29) is 12.5 Å². The van der Waals surface area contributed by atoms with Crippen molar-refractivity contribution in [2.24, 2.45) is 0 Å². The van der Waals surface area contributed by atoms with E-state index in [1.54, 1.807) is 14.2 Å². The van der Waals surface area contributed by atoms with Gasteiger partial charge in [0, 0.05) is 17.5 Å². The first-order valence-electron chi connectivity index (χ1n) is 5.51. The second-order valence-electron chi connectivity index (χ2n) is 3.85. The first-order valence-corrected chi connectivity index (χ1v) is 5.51. The Labute approximate surface area is 97.0 Å². The Morgan fingerprint density at radius 2 is 1.94 bits per heavy atom. The van der Waals surface area contributed by atoms with Crippen molar-refractivity contribution in [2.75, 3.05) is 20.8 Å². The number of methoxy groups -OCH3 is 2. The summed E-state index contributed by atoms with van der Waals surface area (Å²) in [4.78, 5) is 0. The summed E-state index contributed by atoms with van der Waals surface area (Å²) < 4.78 is 10.6. The molecule has 0 aliphatic rings. The molecule has 90 valence electrons. The molecule has 0 aliphatic carbocycles. The van der Waals surface area contributed by atoms with Crippen LogP contribution in [0, 0.1) is 6.92 Å². The van der Waals surface area contributed by atoms with Crippen molar-refractivity contribution in [3.05, 3.63) is 23.3 Å². The van der Waals surface area contributed by atoms with Crippen LogP contribution in [0.4, 0.5) is 0 Å². The van der Waals surface area contributed by atoms with E-state index in [9.17, 15) is 5.11 Å². The lowest BCUT2D eigenvalue weighted by Gasteiger charge is -2.19. The summed E-state index contributed by atoms with van der Waals surface area (Å²) in [7, 11) is 3.28. The molecule has 1 rings (SSSR count). The number of aliphatic hydroxyl groups is 1. The van der Waals surface area contributed by atoms with Crippen molar-refractivity contribution in [1.82, 2.24) is 0 Å². The van der Waals surface area contributed by atoms with Gasteiger partial charge in [0.1, 0.15) is 11.5 Å². The molecule has 0 saturated heterocycles. The van der Waals surface area contributed by atoms with Gasteiger partial charge in [-0.2, -0.15) is 0 Å². The Hall–Kier alpha value is -1.22. The fourth-order valence-electron chi connectivity index (χ4n) is 1.97. The molecular weight excluding hydrogens is 204 g/mol. The fraction of sp³-hybridized carbons (Fsp3) is 0.538. The van der Waals surface area contributed by atoms with Crippen LogP contribution in [0.3, 0.4) is 0 Å². The number of aryl methyl sites for hydroxylation is 1. The van der Waals surface area contributed by atoms with Crippen LogP contribution < -0.4 is 9.47 Å². The van der Waals surface area contributed by atoms with E-state index in [1.165, 1.54) is 0 Å². The summed E-state index contributed by atoms with van der Waals surface area (Å²) in [5.74, 6) is 1.70. The summed E-state index contributed by atoms with van der Waals surface area (Å²) in [5.41, 5.74) is 2.17. The molecule has 1 unspecified atom stereocenters. The maximum Gasteiger partial charge on any atom is 0.126 e. The summed E-state index contributed by atoms with van der Waals surface area (Å²) >= 11 is 0. The molecule has 3 nitrogen and oxygen atoms in total. The maximum absolute atomic E-state index is 9.36. The number of rotatable bonds is 5. The quantitative estimate of drug-likeness (QED) is 0.835. The third-order valence-electron chi connectivity index (χ3n) is 2.90. The fourth-order valence-corrected chi connectivity index (χ4v) is 1.97. The number of hydrogen-bond acceptors (Lipinski definition) is 3. The van der Waals surface area contributed by atoms with Gasteiger partial charge in [-0.3, -0.25) is 0 Å². The summed E-state index contributed by atoms with van der Waals surface area (Å²) in [6.45, 7) is 4.21. The van der Waals surface area contributed by atoms with Crippen molar-refractivity contribution >= 4 is 0 Å². The van der Waals surface area contributed by atoms with Crippen LogP contribution in [0.5, 0.6) is 11.5 Å².